The van der Waals surface area contributed by atoms with Crippen molar-refractivity contribution in [2.45, 2.75) is 18.9 Å². The van der Waals surface area contributed by atoms with Gasteiger partial charge in [0, 0.05) is 18.0 Å². The third-order valence-electron chi connectivity index (χ3n) is 2.76. The van der Waals surface area contributed by atoms with Crippen molar-refractivity contribution in [1.82, 2.24) is 5.32 Å². The van der Waals surface area contributed by atoms with E-state index >= 15 is 0 Å². The molecule has 1 amide bonds. The lowest BCUT2D eigenvalue weighted by Crippen LogP contribution is -2.32. The molecular weight excluding hydrogens is 284 g/mol. The van der Waals surface area contributed by atoms with Crippen LogP contribution in [0.2, 0.25) is 4.34 Å². The molecule has 1 aliphatic heterocycles. The van der Waals surface area contributed by atoms with Crippen LogP contribution >= 0.6 is 22.9 Å². The number of hydrogen-bond acceptors (Lipinski definition) is 4. The zero-order valence-electron chi connectivity index (χ0n) is 10.2. The number of nitriles is 1. The molecule has 0 bridgehead atoms. The Morgan fingerprint density at radius 3 is 3.11 bits per heavy atom. The largest absolute Gasteiger partial charge is 0.376 e. The fourth-order valence-corrected chi connectivity index (χ4v) is 2.81. The summed E-state index contributed by atoms with van der Waals surface area (Å²) in [5, 5.41) is 11.7. The normalized spacial score (nSPS) is 19.2. The van der Waals surface area contributed by atoms with Crippen LogP contribution in [0.15, 0.2) is 17.7 Å². The van der Waals surface area contributed by atoms with Crippen molar-refractivity contribution < 1.29 is 9.53 Å². The van der Waals surface area contributed by atoms with Crippen molar-refractivity contribution in [1.29, 1.82) is 5.26 Å². The fourth-order valence-electron chi connectivity index (χ4n) is 1.80. The third kappa shape index (κ3) is 4.06. The van der Waals surface area contributed by atoms with Gasteiger partial charge in [0.05, 0.1) is 10.4 Å². The summed E-state index contributed by atoms with van der Waals surface area (Å²) in [5.74, 6) is -0.373. The van der Waals surface area contributed by atoms with E-state index in [4.69, 9.17) is 21.6 Å². The Morgan fingerprint density at radius 1 is 1.68 bits per heavy atom. The highest BCUT2D eigenvalue weighted by atomic mass is 35.5. The number of halogens is 1. The first kappa shape index (κ1) is 14.1. The summed E-state index contributed by atoms with van der Waals surface area (Å²) in [6.45, 7) is 1.19. The highest BCUT2D eigenvalue weighted by Crippen LogP contribution is 2.23. The molecule has 1 fully saturated rings. The molecule has 6 heteroatoms. The SMILES string of the molecule is N#C/C(=C\c1ccc(Cl)s1)C(=O)NC[C@H]1CCCO1. The lowest BCUT2D eigenvalue weighted by molar-refractivity contribution is -0.117. The second-order valence-corrected chi connectivity index (χ2v) is 5.90. The molecule has 1 aromatic heterocycles. The van der Waals surface area contributed by atoms with Crippen LogP contribution in [-0.4, -0.2) is 25.2 Å². The van der Waals surface area contributed by atoms with Crippen molar-refractivity contribution in [3.63, 3.8) is 0 Å². The average molecular weight is 297 g/mol. The Hall–Kier alpha value is -1.35. The van der Waals surface area contributed by atoms with Gasteiger partial charge in [-0.3, -0.25) is 4.79 Å². The molecule has 1 aliphatic rings. The minimum Gasteiger partial charge on any atom is -0.376 e. The topological polar surface area (TPSA) is 62.1 Å². The number of carbonyl (C=O) groups is 1. The summed E-state index contributed by atoms with van der Waals surface area (Å²) < 4.78 is 6.03. The van der Waals surface area contributed by atoms with Gasteiger partial charge in [0.2, 0.25) is 0 Å². The van der Waals surface area contributed by atoms with Gasteiger partial charge in [-0.05, 0) is 31.1 Å². The molecule has 1 aromatic rings. The molecule has 2 heterocycles. The van der Waals surface area contributed by atoms with E-state index in [1.807, 2.05) is 6.07 Å². The number of amides is 1. The van der Waals surface area contributed by atoms with E-state index in [0.29, 0.717) is 10.9 Å². The molecule has 2 rings (SSSR count). The van der Waals surface area contributed by atoms with E-state index in [1.54, 1.807) is 18.2 Å². The molecule has 0 aromatic carbocycles. The average Bonchev–Trinajstić information content (AvgIpc) is 3.04. The molecule has 1 atom stereocenters. The first-order valence-corrected chi connectivity index (χ1v) is 7.15. The molecule has 0 saturated carbocycles. The second kappa shape index (κ2) is 6.71. The summed E-state index contributed by atoms with van der Waals surface area (Å²) in [6.07, 6.45) is 3.59. The number of ether oxygens (including phenoxy) is 1. The number of nitrogens with one attached hydrogen (secondary N) is 1. The summed E-state index contributed by atoms with van der Waals surface area (Å²) >= 11 is 7.13. The quantitative estimate of drug-likeness (QED) is 0.686. The predicted molar refractivity (Wildman–Crippen MR) is 74.9 cm³/mol. The van der Waals surface area contributed by atoms with Gasteiger partial charge in [-0.1, -0.05) is 11.6 Å². The maximum absolute atomic E-state index is 11.9. The smallest absolute Gasteiger partial charge is 0.262 e. The minimum absolute atomic E-state index is 0.0695. The van der Waals surface area contributed by atoms with Crippen molar-refractivity contribution >= 4 is 34.9 Å². The van der Waals surface area contributed by atoms with E-state index < -0.39 is 0 Å². The second-order valence-electron chi connectivity index (χ2n) is 4.16. The zero-order valence-corrected chi connectivity index (χ0v) is 11.8. The van der Waals surface area contributed by atoms with Gasteiger partial charge in [-0.2, -0.15) is 5.26 Å². The third-order valence-corrected chi connectivity index (χ3v) is 3.94. The van der Waals surface area contributed by atoms with Crippen molar-refractivity contribution in [3.05, 3.63) is 26.9 Å². The van der Waals surface area contributed by atoms with E-state index in [1.165, 1.54) is 11.3 Å². The minimum atomic E-state index is -0.373. The molecule has 0 aliphatic carbocycles. The van der Waals surface area contributed by atoms with Crippen LogP contribution in [-0.2, 0) is 9.53 Å². The summed E-state index contributed by atoms with van der Waals surface area (Å²) in [6, 6.07) is 5.42. The van der Waals surface area contributed by atoms with Gasteiger partial charge in [-0.15, -0.1) is 11.3 Å². The van der Waals surface area contributed by atoms with Gasteiger partial charge in [0.15, 0.2) is 0 Å². The number of hydrogen-bond donors (Lipinski definition) is 1. The van der Waals surface area contributed by atoms with Crippen LogP contribution < -0.4 is 5.32 Å². The number of carbonyl (C=O) groups excluding carboxylic acids is 1. The maximum atomic E-state index is 11.9. The molecular formula is C13H13ClN2O2S. The van der Waals surface area contributed by atoms with Crippen LogP contribution in [0.1, 0.15) is 17.7 Å². The first-order chi connectivity index (χ1) is 9.19. The summed E-state index contributed by atoms with van der Waals surface area (Å²) in [7, 11) is 0. The summed E-state index contributed by atoms with van der Waals surface area (Å²) in [5.41, 5.74) is 0.0801. The molecule has 0 spiro atoms. The molecule has 0 unspecified atom stereocenters. The highest BCUT2D eigenvalue weighted by Gasteiger charge is 2.17. The van der Waals surface area contributed by atoms with Gasteiger partial charge in [0.25, 0.3) is 5.91 Å². The standard InChI is InChI=1S/C13H13ClN2O2S/c14-12-4-3-11(19-12)6-9(7-15)13(17)16-8-10-2-1-5-18-10/h3-4,6,10H,1-2,5,8H2,(H,16,17)/b9-6+/t10-/m1/s1. The van der Waals surface area contributed by atoms with E-state index in [0.717, 1.165) is 24.3 Å². The predicted octanol–water partition coefficient (Wildman–Crippen LogP) is 2.60. The highest BCUT2D eigenvalue weighted by molar-refractivity contribution is 7.17. The molecule has 1 saturated heterocycles. The number of nitrogens with zero attached hydrogens (tertiary/aromatic N) is 1. The Morgan fingerprint density at radius 2 is 2.53 bits per heavy atom. The Labute approximate surface area is 120 Å². The lowest BCUT2D eigenvalue weighted by atomic mass is 10.2. The van der Waals surface area contributed by atoms with E-state index in [-0.39, 0.29) is 17.6 Å². The first-order valence-electron chi connectivity index (χ1n) is 5.96. The Bertz CT molecular complexity index is 527. The fraction of sp³-hybridized carbons (Fsp3) is 0.385. The van der Waals surface area contributed by atoms with Gasteiger partial charge >= 0.3 is 0 Å². The van der Waals surface area contributed by atoms with Crippen LogP contribution in [0.3, 0.4) is 0 Å². The maximum Gasteiger partial charge on any atom is 0.262 e. The Balaban J connectivity index is 1.95. The van der Waals surface area contributed by atoms with Crippen LogP contribution in [0.25, 0.3) is 6.08 Å². The number of rotatable bonds is 4. The molecule has 100 valence electrons. The zero-order chi connectivity index (χ0) is 13.7. The Kier molecular flexibility index (Phi) is 4.97. The van der Waals surface area contributed by atoms with Crippen LogP contribution in [0.4, 0.5) is 0 Å². The van der Waals surface area contributed by atoms with Crippen molar-refractivity contribution in [2.75, 3.05) is 13.2 Å². The van der Waals surface area contributed by atoms with Crippen LogP contribution in [0.5, 0.6) is 0 Å². The number of thiophene rings is 1. The van der Waals surface area contributed by atoms with Gasteiger partial charge in [0.1, 0.15) is 11.6 Å². The molecule has 19 heavy (non-hydrogen) atoms. The van der Waals surface area contributed by atoms with Crippen molar-refractivity contribution in [2.24, 2.45) is 0 Å². The molecule has 1 N–H and O–H groups in total. The van der Waals surface area contributed by atoms with E-state index in [2.05, 4.69) is 5.32 Å². The van der Waals surface area contributed by atoms with Gasteiger partial charge in [-0.25, -0.2) is 0 Å². The van der Waals surface area contributed by atoms with E-state index in [9.17, 15) is 4.79 Å². The monoisotopic (exact) mass is 296 g/mol. The van der Waals surface area contributed by atoms with Crippen molar-refractivity contribution in [3.8, 4) is 6.07 Å². The molecule has 0 radical (unpaired) electrons. The van der Waals surface area contributed by atoms with Gasteiger partial charge < -0.3 is 10.1 Å². The lowest BCUT2D eigenvalue weighted by Gasteiger charge is -2.09. The van der Waals surface area contributed by atoms with Crippen LogP contribution in [0, 0.1) is 11.3 Å². The molecule has 4 nitrogen and oxygen atoms in total. The summed E-state index contributed by atoms with van der Waals surface area (Å²) in [4.78, 5) is 12.6.